The van der Waals surface area contributed by atoms with E-state index in [9.17, 15) is 4.79 Å². The summed E-state index contributed by atoms with van der Waals surface area (Å²) in [6, 6.07) is 0. The topological polar surface area (TPSA) is 59.9 Å². The number of aromatic nitrogens is 2. The molecule has 0 fully saturated rings. The van der Waals surface area contributed by atoms with Crippen LogP contribution in [0.2, 0.25) is 0 Å². The highest BCUT2D eigenvalue weighted by Gasteiger charge is 2.04. The van der Waals surface area contributed by atoms with Gasteiger partial charge in [0, 0.05) is 0 Å². The SMILES string of the molecule is C[n+]1ccnc(C(N)=O)c1. The molecule has 52 valence electrons. The van der Waals surface area contributed by atoms with Crippen molar-refractivity contribution in [2.24, 2.45) is 12.8 Å². The van der Waals surface area contributed by atoms with Gasteiger partial charge in [-0.2, -0.15) is 0 Å². The van der Waals surface area contributed by atoms with Crippen LogP contribution >= 0.6 is 0 Å². The van der Waals surface area contributed by atoms with Gasteiger partial charge < -0.3 is 5.73 Å². The van der Waals surface area contributed by atoms with E-state index < -0.39 is 5.91 Å². The zero-order chi connectivity index (χ0) is 7.56. The van der Waals surface area contributed by atoms with Crippen LogP contribution in [0.5, 0.6) is 0 Å². The Bertz CT molecular complexity index is 259. The van der Waals surface area contributed by atoms with Gasteiger partial charge in [-0.3, -0.25) is 4.79 Å². The van der Waals surface area contributed by atoms with E-state index in [-0.39, 0.29) is 5.69 Å². The number of aryl methyl sites for hydroxylation is 1. The van der Waals surface area contributed by atoms with E-state index in [1.165, 1.54) is 6.20 Å². The van der Waals surface area contributed by atoms with Crippen LogP contribution in [-0.4, -0.2) is 10.9 Å². The van der Waals surface area contributed by atoms with Crippen LogP contribution in [0, 0.1) is 0 Å². The number of carbonyl (C=O) groups excluding carboxylic acids is 1. The number of hydrogen-bond acceptors (Lipinski definition) is 2. The maximum Gasteiger partial charge on any atom is 0.273 e. The van der Waals surface area contributed by atoms with Crippen molar-refractivity contribution >= 4 is 5.91 Å². The third-order valence-corrected chi connectivity index (χ3v) is 1.09. The molecule has 0 saturated heterocycles. The molecule has 10 heavy (non-hydrogen) atoms. The van der Waals surface area contributed by atoms with E-state index in [4.69, 9.17) is 5.73 Å². The Labute approximate surface area is 58.3 Å². The van der Waals surface area contributed by atoms with Crippen LogP contribution in [0.15, 0.2) is 18.6 Å². The average molecular weight is 138 g/mol. The molecule has 0 spiro atoms. The van der Waals surface area contributed by atoms with Crippen molar-refractivity contribution < 1.29 is 9.36 Å². The summed E-state index contributed by atoms with van der Waals surface area (Å²) in [4.78, 5) is 14.2. The van der Waals surface area contributed by atoms with Gasteiger partial charge in [-0.05, 0) is 0 Å². The average Bonchev–Trinajstić information content (AvgIpc) is 1.88. The summed E-state index contributed by atoms with van der Waals surface area (Å²) < 4.78 is 1.72. The van der Waals surface area contributed by atoms with Crippen molar-refractivity contribution in [1.82, 2.24) is 4.98 Å². The maximum atomic E-state index is 10.5. The van der Waals surface area contributed by atoms with E-state index >= 15 is 0 Å². The largest absolute Gasteiger partial charge is 0.364 e. The normalized spacial score (nSPS) is 9.30. The van der Waals surface area contributed by atoms with Gasteiger partial charge in [-0.25, -0.2) is 9.55 Å². The highest BCUT2D eigenvalue weighted by atomic mass is 16.1. The smallest absolute Gasteiger partial charge is 0.273 e. The van der Waals surface area contributed by atoms with Crippen LogP contribution < -0.4 is 10.3 Å². The molecule has 0 bridgehead atoms. The molecule has 0 aromatic carbocycles. The molecule has 0 radical (unpaired) electrons. The van der Waals surface area contributed by atoms with Crippen LogP contribution in [0.25, 0.3) is 0 Å². The second-order valence-electron chi connectivity index (χ2n) is 1.97. The number of nitrogens with two attached hydrogens (primary N) is 1. The lowest BCUT2D eigenvalue weighted by Crippen LogP contribution is -2.30. The second kappa shape index (κ2) is 2.43. The number of carbonyl (C=O) groups is 1. The fourth-order valence-corrected chi connectivity index (χ4v) is 0.615. The summed E-state index contributed by atoms with van der Waals surface area (Å²) in [6.45, 7) is 0. The molecular weight excluding hydrogens is 130 g/mol. The minimum atomic E-state index is -0.504. The van der Waals surface area contributed by atoms with Crippen LogP contribution in [0.3, 0.4) is 0 Å². The zero-order valence-electron chi connectivity index (χ0n) is 5.61. The Kier molecular flexibility index (Phi) is 1.62. The van der Waals surface area contributed by atoms with Gasteiger partial charge in [-0.1, -0.05) is 0 Å². The zero-order valence-corrected chi connectivity index (χ0v) is 5.61. The molecule has 0 unspecified atom stereocenters. The third-order valence-electron chi connectivity index (χ3n) is 1.09. The summed E-state index contributed by atoms with van der Waals surface area (Å²) >= 11 is 0. The van der Waals surface area contributed by atoms with Crippen molar-refractivity contribution in [3.8, 4) is 0 Å². The fraction of sp³-hybridized carbons (Fsp3) is 0.167. The fourth-order valence-electron chi connectivity index (χ4n) is 0.615. The molecule has 1 rings (SSSR count). The van der Waals surface area contributed by atoms with Gasteiger partial charge in [0.1, 0.15) is 7.05 Å². The predicted molar refractivity (Wildman–Crippen MR) is 33.9 cm³/mol. The summed E-state index contributed by atoms with van der Waals surface area (Å²) in [7, 11) is 1.80. The molecule has 0 saturated carbocycles. The number of rotatable bonds is 1. The molecule has 4 nitrogen and oxygen atoms in total. The predicted octanol–water partition coefficient (Wildman–Crippen LogP) is -0.995. The number of amides is 1. The third kappa shape index (κ3) is 1.28. The summed E-state index contributed by atoms with van der Waals surface area (Å²) in [5, 5.41) is 0. The summed E-state index contributed by atoms with van der Waals surface area (Å²) in [6.07, 6.45) is 4.83. The molecule has 1 aromatic heterocycles. The number of primary amides is 1. The molecule has 0 aliphatic carbocycles. The molecule has 1 amide bonds. The Morgan fingerprint density at radius 3 is 2.90 bits per heavy atom. The van der Waals surface area contributed by atoms with Gasteiger partial charge in [-0.15, -0.1) is 0 Å². The summed E-state index contributed by atoms with van der Waals surface area (Å²) in [5.74, 6) is -0.504. The molecule has 1 aromatic rings. The van der Waals surface area contributed by atoms with E-state index in [1.807, 2.05) is 0 Å². The van der Waals surface area contributed by atoms with Crippen molar-refractivity contribution in [3.05, 3.63) is 24.3 Å². The lowest BCUT2D eigenvalue weighted by atomic mass is 10.4. The number of nitrogens with zero attached hydrogens (tertiary/aromatic N) is 2. The first-order valence-corrected chi connectivity index (χ1v) is 2.81. The molecule has 0 atom stereocenters. The Hall–Kier alpha value is -1.45. The summed E-state index contributed by atoms with van der Waals surface area (Å²) in [5.41, 5.74) is 5.25. The number of hydrogen-bond donors (Lipinski definition) is 1. The first-order valence-electron chi connectivity index (χ1n) is 2.81. The monoisotopic (exact) mass is 138 g/mol. The van der Waals surface area contributed by atoms with Gasteiger partial charge in [0.25, 0.3) is 5.91 Å². The minimum Gasteiger partial charge on any atom is -0.364 e. The molecule has 0 aliphatic rings. The van der Waals surface area contributed by atoms with Crippen molar-refractivity contribution in [1.29, 1.82) is 0 Å². The Morgan fingerprint density at radius 2 is 2.50 bits per heavy atom. The molecular formula is C6H8N3O+. The van der Waals surface area contributed by atoms with E-state index in [0.29, 0.717) is 0 Å². The van der Waals surface area contributed by atoms with Crippen LogP contribution in [-0.2, 0) is 7.05 Å². The lowest BCUT2D eigenvalue weighted by Gasteiger charge is -1.89. The Morgan fingerprint density at radius 1 is 1.80 bits per heavy atom. The molecule has 0 aliphatic heterocycles. The van der Waals surface area contributed by atoms with Gasteiger partial charge in [0.15, 0.2) is 18.1 Å². The highest BCUT2D eigenvalue weighted by molar-refractivity contribution is 5.90. The van der Waals surface area contributed by atoms with Crippen LogP contribution in [0.1, 0.15) is 10.5 Å². The highest BCUT2D eigenvalue weighted by Crippen LogP contribution is 1.83. The minimum absolute atomic E-state index is 0.282. The second-order valence-corrected chi connectivity index (χ2v) is 1.97. The van der Waals surface area contributed by atoms with Crippen molar-refractivity contribution in [2.45, 2.75) is 0 Å². The molecule has 2 N–H and O–H groups in total. The maximum absolute atomic E-state index is 10.5. The molecule has 1 heterocycles. The van der Waals surface area contributed by atoms with E-state index in [0.717, 1.165) is 0 Å². The van der Waals surface area contributed by atoms with Gasteiger partial charge >= 0.3 is 0 Å². The van der Waals surface area contributed by atoms with Crippen molar-refractivity contribution in [3.63, 3.8) is 0 Å². The van der Waals surface area contributed by atoms with E-state index in [1.54, 1.807) is 24.0 Å². The van der Waals surface area contributed by atoms with Gasteiger partial charge in [0.05, 0.1) is 6.20 Å². The van der Waals surface area contributed by atoms with Crippen molar-refractivity contribution in [2.75, 3.05) is 0 Å². The molecule has 4 heteroatoms. The van der Waals surface area contributed by atoms with E-state index in [2.05, 4.69) is 4.98 Å². The first kappa shape index (κ1) is 6.67. The Balaban J connectivity index is 3.07. The lowest BCUT2D eigenvalue weighted by molar-refractivity contribution is -0.672. The van der Waals surface area contributed by atoms with Crippen LogP contribution in [0.4, 0.5) is 0 Å². The first-order chi connectivity index (χ1) is 4.70. The standard InChI is InChI=1S/C6H7N3O/c1-9-3-2-8-5(4-9)6(7)10/h2-4H,1H3,(H-,7,10)/p+1. The van der Waals surface area contributed by atoms with Gasteiger partial charge in [0.2, 0.25) is 0 Å². The quantitative estimate of drug-likeness (QED) is 0.506.